The van der Waals surface area contributed by atoms with Crippen molar-refractivity contribution in [2.24, 2.45) is 0 Å². The van der Waals surface area contributed by atoms with Crippen LogP contribution in [0.5, 0.6) is 0 Å². The zero-order valence-electron chi connectivity index (χ0n) is 9.51. The molecule has 1 aliphatic rings. The Hall–Kier alpha value is -0.380. The molecule has 0 bridgehead atoms. The molecule has 0 heterocycles. The van der Waals surface area contributed by atoms with Crippen LogP contribution < -0.4 is 10.6 Å². The third-order valence-electron chi connectivity index (χ3n) is 2.79. The number of benzene rings is 1. The van der Waals surface area contributed by atoms with E-state index < -0.39 is 0 Å². The van der Waals surface area contributed by atoms with Gasteiger partial charge in [-0.1, -0.05) is 28.1 Å². The Balaban J connectivity index is 1.53. The first-order chi connectivity index (χ1) is 7.84. The van der Waals surface area contributed by atoms with Crippen molar-refractivity contribution in [3.63, 3.8) is 0 Å². The summed E-state index contributed by atoms with van der Waals surface area (Å²) >= 11 is 3.49. The lowest BCUT2D eigenvalue weighted by molar-refractivity contribution is 0.609. The van der Waals surface area contributed by atoms with Crippen molar-refractivity contribution in [3.05, 3.63) is 34.3 Å². The molecule has 2 nitrogen and oxygen atoms in total. The Morgan fingerprint density at radius 3 is 2.81 bits per heavy atom. The van der Waals surface area contributed by atoms with Crippen LogP contribution in [0.1, 0.15) is 18.4 Å². The predicted molar refractivity (Wildman–Crippen MR) is 71.7 cm³/mol. The van der Waals surface area contributed by atoms with Gasteiger partial charge in [0.05, 0.1) is 0 Å². The largest absolute Gasteiger partial charge is 0.315 e. The maximum absolute atomic E-state index is 3.49. The van der Waals surface area contributed by atoms with Crippen LogP contribution in [0.4, 0.5) is 0 Å². The molecule has 2 N–H and O–H groups in total. The summed E-state index contributed by atoms with van der Waals surface area (Å²) < 4.78 is 1.17. The highest BCUT2D eigenvalue weighted by Gasteiger charge is 2.19. The molecule has 0 amide bonds. The van der Waals surface area contributed by atoms with E-state index in [-0.39, 0.29) is 0 Å². The van der Waals surface area contributed by atoms with Crippen molar-refractivity contribution in [2.45, 2.75) is 25.3 Å². The van der Waals surface area contributed by atoms with Gasteiger partial charge in [-0.2, -0.15) is 0 Å². The van der Waals surface area contributed by atoms with Crippen LogP contribution in [0.15, 0.2) is 28.7 Å². The molecule has 0 radical (unpaired) electrons. The van der Waals surface area contributed by atoms with Gasteiger partial charge in [-0.25, -0.2) is 0 Å². The molecular weight excluding hydrogens is 264 g/mol. The molecule has 0 atom stereocenters. The Kier molecular flexibility index (Phi) is 4.82. The van der Waals surface area contributed by atoms with Gasteiger partial charge in [-0.05, 0) is 43.5 Å². The molecule has 0 aliphatic heterocycles. The first kappa shape index (κ1) is 12.1. The average Bonchev–Trinajstić information content (AvgIpc) is 3.07. The highest BCUT2D eigenvalue weighted by Crippen LogP contribution is 2.17. The number of hydrogen-bond donors (Lipinski definition) is 2. The fraction of sp³-hybridized carbons (Fsp3) is 0.538. The molecule has 3 heteroatoms. The summed E-state index contributed by atoms with van der Waals surface area (Å²) in [6.07, 6.45) is 3.85. The summed E-state index contributed by atoms with van der Waals surface area (Å²) in [7, 11) is 0. The molecule has 1 saturated carbocycles. The minimum atomic E-state index is 0.826. The summed E-state index contributed by atoms with van der Waals surface area (Å²) in [5.74, 6) is 0. The van der Waals surface area contributed by atoms with Crippen LogP contribution >= 0.6 is 15.9 Å². The van der Waals surface area contributed by atoms with E-state index in [0.717, 1.165) is 32.1 Å². The maximum atomic E-state index is 3.49. The highest BCUT2D eigenvalue weighted by atomic mass is 79.9. The van der Waals surface area contributed by atoms with Crippen molar-refractivity contribution in [2.75, 3.05) is 19.6 Å². The molecule has 1 aliphatic carbocycles. The van der Waals surface area contributed by atoms with E-state index in [9.17, 15) is 0 Å². The molecule has 0 saturated heterocycles. The van der Waals surface area contributed by atoms with Gasteiger partial charge >= 0.3 is 0 Å². The predicted octanol–water partition coefficient (Wildman–Crippen LogP) is 2.33. The minimum Gasteiger partial charge on any atom is -0.315 e. The van der Waals surface area contributed by atoms with Gasteiger partial charge < -0.3 is 10.6 Å². The van der Waals surface area contributed by atoms with Crippen molar-refractivity contribution in [1.82, 2.24) is 10.6 Å². The third-order valence-corrected chi connectivity index (χ3v) is 3.28. The number of nitrogens with one attached hydrogen (secondary N) is 2. The van der Waals surface area contributed by atoms with E-state index >= 15 is 0 Å². The fourth-order valence-corrected chi connectivity index (χ4v) is 2.15. The molecule has 0 spiro atoms. The quantitative estimate of drug-likeness (QED) is 0.751. The molecule has 0 aromatic heterocycles. The number of hydrogen-bond acceptors (Lipinski definition) is 2. The van der Waals surface area contributed by atoms with Crippen molar-refractivity contribution in [3.8, 4) is 0 Å². The van der Waals surface area contributed by atoms with E-state index in [1.807, 2.05) is 0 Å². The van der Waals surface area contributed by atoms with Crippen LogP contribution in [0.3, 0.4) is 0 Å². The molecule has 16 heavy (non-hydrogen) atoms. The molecular formula is C13H19BrN2. The molecule has 2 rings (SSSR count). The van der Waals surface area contributed by atoms with Gasteiger partial charge in [0, 0.05) is 23.6 Å². The van der Waals surface area contributed by atoms with Crippen LogP contribution in [-0.2, 0) is 6.42 Å². The summed E-state index contributed by atoms with van der Waals surface area (Å²) in [4.78, 5) is 0. The average molecular weight is 283 g/mol. The Morgan fingerprint density at radius 2 is 2.06 bits per heavy atom. The molecule has 1 fully saturated rings. The van der Waals surface area contributed by atoms with Gasteiger partial charge in [0.25, 0.3) is 0 Å². The normalized spacial score (nSPS) is 15.3. The molecule has 88 valence electrons. The lowest BCUT2D eigenvalue weighted by atomic mass is 10.1. The van der Waals surface area contributed by atoms with E-state index in [4.69, 9.17) is 0 Å². The Bertz CT molecular complexity index is 323. The lowest BCUT2D eigenvalue weighted by Crippen LogP contribution is -2.29. The summed E-state index contributed by atoms with van der Waals surface area (Å²) in [5, 5.41) is 6.95. The first-order valence-electron chi connectivity index (χ1n) is 6.03. The van der Waals surface area contributed by atoms with Gasteiger partial charge in [-0.3, -0.25) is 0 Å². The second kappa shape index (κ2) is 6.38. The monoisotopic (exact) mass is 282 g/mol. The topological polar surface area (TPSA) is 24.1 Å². The number of rotatable bonds is 7. The van der Waals surface area contributed by atoms with E-state index in [1.165, 1.54) is 22.9 Å². The number of halogens is 1. The Morgan fingerprint density at radius 1 is 1.19 bits per heavy atom. The summed E-state index contributed by atoms with van der Waals surface area (Å²) in [5.41, 5.74) is 1.39. The third kappa shape index (κ3) is 4.64. The second-order valence-electron chi connectivity index (χ2n) is 4.36. The van der Waals surface area contributed by atoms with E-state index in [2.05, 4.69) is 50.8 Å². The van der Waals surface area contributed by atoms with Gasteiger partial charge in [0.1, 0.15) is 0 Å². The Labute approximate surface area is 106 Å². The fourth-order valence-electron chi connectivity index (χ4n) is 1.70. The molecule has 1 aromatic carbocycles. The van der Waals surface area contributed by atoms with Gasteiger partial charge in [0.15, 0.2) is 0 Å². The van der Waals surface area contributed by atoms with Gasteiger partial charge in [0.2, 0.25) is 0 Å². The lowest BCUT2D eigenvalue weighted by Gasteiger charge is -2.06. The van der Waals surface area contributed by atoms with Gasteiger partial charge in [-0.15, -0.1) is 0 Å². The summed E-state index contributed by atoms with van der Waals surface area (Å²) in [6.45, 7) is 3.23. The SMILES string of the molecule is Brc1cccc(CCNCCNC2CC2)c1. The second-order valence-corrected chi connectivity index (χ2v) is 5.27. The standard InChI is InChI=1S/C13H19BrN2/c14-12-3-1-2-11(10-12)6-7-15-8-9-16-13-4-5-13/h1-3,10,13,15-16H,4-9H2. The van der Waals surface area contributed by atoms with E-state index in [1.54, 1.807) is 0 Å². The minimum absolute atomic E-state index is 0.826. The molecule has 1 aromatic rings. The van der Waals surface area contributed by atoms with Crippen molar-refractivity contribution >= 4 is 15.9 Å². The van der Waals surface area contributed by atoms with Crippen molar-refractivity contribution in [1.29, 1.82) is 0 Å². The van der Waals surface area contributed by atoms with Crippen molar-refractivity contribution < 1.29 is 0 Å². The zero-order valence-corrected chi connectivity index (χ0v) is 11.1. The van der Waals surface area contributed by atoms with Crippen LogP contribution in [-0.4, -0.2) is 25.7 Å². The smallest absolute Gasteiger partial charge is 0.0178 e. The molecule has 0 unspecified atom stereocenters. The van der Waals surface area contributed by atoms with E-state index in [0.29, 0.717) is 0 Å². The van der Waals surface area contributed by atoms with Crippen LogP contribution in [0.25, 0.3) is 0 Å². The highest BCUT2D eigenvalue weighted by molar-refractivity contribution is 9.10. The maximum Gasteiger partial charge on any atom is 0.0178 e. The van der Waals surface area contributed by atoms with Crippen LogP contribution in [0, 0.1) is 0 Å². The summed E-state index contributed by atoms with van der Waals surface area (Å²) in [6, 6.07) is 9.34. The first-order valence-corrected chi connectivity index (χ1v) is 6.82. The van der Waals surface area contributed by atoms with Crippen LogP contribution in [0.2, 0.25) is 0 Å². The zero-order chi connectivity index (χ0) is 11.2.